The molecule has 3 aliphatic rings. The number of carbonyl (C=O) groups is 5. The van der Waals surface area contributed by atoms with Gasteiger partial charge in [0.25, 0.3) is 0 Å². The van der Waals surface area contributed by atoms with Crippen LogP contribution in [0.15, 0.2) is 170 Å². The number of benzene rings is 8. The second kappa shape index (κ2) is 36.5. The molecule has 14 heteroatoms. The van der Waals surface area contributed by atoms with Gasteiger partial charge in [-0.3, -0.25) is 0 Å². The van der Waals surface area contributed by atoms with Crippen LogP contribution in [0.25, 0.3) is 133 Å². The molecule has 2 N–H and O–H groups in total. The van der Waals surface area contributed by atoms with E-state index in [2.05, 4.69) is 118 Å². The zero-order valence-corrected chi connectivity index (χ0v) is 65.6. The van der Waals surface area contributed by atoms with Crippen molar-refractivity contribution in [2.45, 2.75) is 177 Å². The molecule has 0 saturated carbocycles. The van der Waals surface area contributed by atoms with E-state index in [0.29, 0.717) is 152 Å². The van der Waals surface area contributed by atoms with E-state index in [1.165, 1.54) is 0 Å². The van der Waals surface area contributed by atoms with Crippen LogP contribution in [-0.2, 0) is 42.9 Å². The van der Waals surface area contributed by atoms with Crippen molar-refractivity contribution in [2.75, 3.05) is 33.0 Å². The van der Waals surface area contributed by atoms with E-state index in [-0.39, 0.29) is 44.2 Å². The quantitative estimate of drug-likeness (QED) is 0.0225. The summed E-state index contributed by atoms with van der Waals surface area (Å²) < 4.78 is 30.5. The van der Waals surface area contributed by atoms with E-state index < -0.39 is 29.8 Å². The standard InChI is InChI=1S/C97H102N4O10/c1-9-17-33-61-49-64(55-68(52-61)93(102)107-44-20-12-4)81-85-73-36-25-27-38-75(73)87(98-85)82(65-50-62(34-18-10-2)53-69(56-65)94(103)108-45-21-13-5)89-77-40-29-31-42-79(77)91(100-89)84(67-58-71(96(105)110-47-23-15-7)60-72(59-67)97(106)111-48-24-16-8)92-80-43-32-30-41-78(80)90(101-92)83(88-76-39-28-26-37-74(76)86(81)99-88)66-51-63(35-19-11-3)54-70(57-66)95(104)109-46-22-14-6/h25-32,36-43,49-60,98,101H,9-24,33-35,44-48H2,1-8H3. The zero-order valence-electron chi connectivity index (χ0n) is 65.6. The summed E-state index contributed by atoms with van der Waals surface area (Å²) in [5, 5.41) is 3.24. The minimum Gasteiger partial charge on any atom is -0.462 e. The molecule has 0 fully saturated rings. The maximum Gasteiger partial charge on any atom is 0.338 e. The van der Waals surface area contributed by atoms with Gasteiger partial charge in [-0.1, -0.05) is 222 Å². The molecule has 14 nitrogen and oxygen atoms in total. The molecule has 2 aromatic heterocycles. The van der Waals surface area contributed by atoms with Gasteiger partial charge in [-0.15, -0.1) is 0 Å². The Balaban J connectivity index is 1.33. The van der Waals surface area contributed by atoms with Crippen LogP contribution in [0, 0.1) is 0 Å². The van der Waals surface area contributed by atoms with Gasteiger partial charge in [0.2, 0.25) is 0 Å². The molecule has 10 aromatic rings. The molecule has 0 amide bonds. The van der Waals surface area contributed by atoms with Crippen molar-refractivity contribution in [1.29, 1.82) is 0 Å². The van der Waals surface area contributed by atoms with Gasteiger partial charge in [0.05, 0.1) is 106 Å². The van der Waals surface area contributed by atoms with Crippen molar-refractivity contribution in [1.82, 2.24) is 19.9 Å². The molecule has 0 atom stereocenters. The van der Waals surface area contributed by atoms with Gasteiger partial charge in [-0.25, -0.2) is 33.9 Å². The number of unbranched alkanes of at least 4 members (excludes halogenated alkanes) is 8. The SMILES string of the molecule is CCCCOC(=O)c1cc(CCCC)cc(-c2c3nc(c(-c4cc(CCCC)cc(C(=O)OCCCC)c4)c4[nH]c(c(-c5cc(C(=O)OCCCC)cc(C(=O)OCCCC)c5)c5nc(c(-c6cc(CCCC)cc(C(=O)OCCCC)c6)c6[nH]c2c2ccccc62)-c2ccccc2-5)c2ccccc42)-c2ccccc2-3)c1. The molecule has 570 valence electrons. The number of aromatic nitrogens is 4. The maximum absolute atomic E-state index is 14.9. The fourth-order valence-corrected chi connectivity index (χ4v) is 15.2. The molecule has 0 radical (unpaired) electrons. The minimum absolute atomic E-state index is 0.149. The number of hydrogen-bond donors (Lipinski definition) is 2. The largest absolute Gasteiger partial charge is 0.462 e. The third kappa shape index (κ3) is 16.9. The molecule has 111 heavy (non-hydrogen) atoms. The van der Waals surface area contributed by atoms with Gasteiger partial charge in [0, 0.05) is 66.1 Å². The Kier molecular flexibility index (Phi) is 25.6. The van der Waals surface area contributed by atoms with Crippen molar-refractivity contribution in [3.63, 3.8) is 0 Å². The first-order chi connectivity index (χ1) is 54.3. The minimum atomic E-state index is -0.601. The summed E-state index contributed by atoms with van der Waals surface area (Å²) in [7, 11) is 0. The molecule has 0 spiro atoms. The van der Waals surface area contributed by atoms with Crippen LogP contribution in [0.5, 0.6) is 0 Å². The number of rotatable bonds is 33. The summed E-state index contributed by atoms with van der Waals surface area (Å²) in [4.78, 5) is 94.9. The molecule has 4 heterocycles. The lowest BCUT2D eigenvalue weighted by Crippen LogP contribution is -2.11. The Morgan fingerprint density at radius 3 is 0.721 bits per heavy atom. The molecular formula is C97H102N4O10. The van der Waals surface area contributed by atoms with Gasteiger partial charge < -0.3 is 33.7 Å². The van der Waals surface area contributed by atoms with Gasteiger partial charge in [0.1, 0.15) is 0 Å². The Labute approximate surface area is 651 Å². The van der Waals surface area contributed by atoms with E-state index in [0.717, 1.165) is 137 Å². The van der Waals surface area contributed by atoms with Crippen LogP contribution in [0.3, 0.4) is 0 Å². The average Bonchev–Trinajstić information content (AvgIpc) is 1.56. The molecule has 8 bridgehead atoms. The molecule has 8 aromatic carbocycles. The van der Waals surface area contributed by atoms with E-state index in [9.17, 15) is 24.0 Å². The highest BCUT2D eigenvalue weighted by molar-refractivity contribution is 6.22. The van der Waals surface area contributed by atoms with Crippen molar-refractivity contribution < 1.29 is 47.7 Å². The summed E-state index contributed by atoms with van der Waals surface area (Å²) in [5.74, 6) is -2.49. The normalized spacial score (nSPS) is 11.6. The number of nitrogens with one attached hydrogen (secondary N) is 2. The van der Waals surface area contributed by atoms with Crippen LogP contribution >= 0.6 is 0 Å². The fourth-order valence-electron chi connectivity index (χ4n) is 15.2. The third-order valence-electron chi connectivity index (χ3n) is 21.1. The van der Waals surface area contributed by atoms with Crippen LogP contribution in [0.4, 0.5) is 0 Å². The van der Waals surface area contributed by atoms with E-state index >= 15 is 0 Å². The number of H-pyrrole nitrogens is 2. The maximum atomic E-state index is 14.9. The van der Waals surface area contributed by atoms with E-state index in [4.69, 9.17) is 33.7 Å². The molecule has 13 rings (SSSR count). The highest BCUT2D eigenvalue weighted by atomic mass is 16.5. The number of ether oxygens (including phenoxy) is 5. The van der Waals surface area contributed by atoms with Crippen molar-refractivity contribution in [2.24, 2.45) is 0 Å². The summed E-state index contributed by atoms with van der Waals surface area (Å²) in [6, 6.07) is 56.5. The number of nitrogens with zero attached hydrogens (tertiary/aromatic N) is 2. The van der Waals surface area contributed by atoms with Crippen molar-refractivity contribution in [3.8, 4) is 89.5 Å². The number of carbonyl (C=O) groups excluding carboxylic acids is 5. The molecular weight excluding hydrogens is 1380 g/mol. The van der Waals surface area contributed by atoms with Crippen LogP contribution in [0.2, 0.25) is 0 Å². The first kappa shape index (κ1) is 77.9. The van der Waals surface area contributed by atoms with Crippen molar-refractivity contribution in [3.05, 3.63) is 214 Å². The second-order valence-corrected chi connectivity index (χ2v) is 29.4. The van der Waals surface area contributed by atoms with Crippen LogP contribution < -0.4 is 0 Å². The van der Waals surface area contributed by atoms with Crippen LogP contribution in [-0.4, -0.2) is 82.8 Å². The number of esters is 5. The van der Waals surface area contributed by atoms with Gasteiger partial charge >= 0.3 is 29.8 Å². The predicted molar refractivity (Wildman–Crippen MR) is 448 cm³/mol. The van der Waals surface area contributed by atoms with Gasteiger partial charge in [0.15, 0.2) is 0 Å². The number of aryl methyl sites for hydroxylation is 3. The summed E-state index contributed by atoms with van der Waals surface area (Å²) in [5.41, 5.74) is 17.7. The number of aromatic amines is 2. The van der Waals surface area contributed by atoms with Crippen LogP contribution in [0.1, 0.15) is 227 Å². The summed E-state index contributed by atoms with van der Waals surface area (Å²) in [6.07, 6.45) is 14.9. The third-order valence-corrected chi connectivity index (χ3v) is 21.1. The Bertz CT molecular complexity index is 5370. The Morgan fingerprint density at radius 1 is 0.270 bits per heavy atom. The smallest absolute Gasteiger partial charge is 0.338 e. The lowest BCUT2D eigenvalue weighted by Gasteiger charge is -2.13. The number of hydrogen-bond acceptors (Lipinski definition) is 12. The van der Waals surface area contributed by atoms with Crippen molar-refractivity contribution >= 4 is 73.5 Å². The zero-order chi connectivity index (χ0) is 77.5. The predicted octanol–water partition coefficient (Wildman–Crippen LogP) is 24.8. The molecule has 0 unspecified atom stereocenters. The molecule has 2 aliphatic heterocycles. The van der Waals surface area contributed by atoms with Gasteiger partial charge in [-0.2, -0.15) is 0 Å². The second-order valence-electron chi connectivity index (χ2n) is 29.4. The summed E-state index contributed by atoms with van der Waals surface area (Å²) >= 11 is 0. The highest BCUT2D eigenvalue weighted by Gasteiger charge is 2.33. The Morgan fingerprint density at radius 2 is 0.486 bits per heavy atom. The Hall–Kier alpha value is -11.3. The first-order valence-corrected chi connectivity index (χ1v) is 40.6. The monoisotopic (exact) mass is 1480 g/mol. The summed E-state index contributed by atoms with van der Waals surface area (Å²) in [6.45, 7) is 17.9. The average molecular weight is 1480 g/mol. The topological polar surface area (TPSA) is 189 Å². The lowest BCUT2D eigenvalue weighted by molar-refractivity contribution is 0.0483. The van der Waals surface area contributed by atoms with E-state index in [1.807, 2.05) is 98.8 Å². The molecule has 0 saturated heterocycles. The molecule has 1 aliphatic carbocycles. The fraction of sp³-hybridized carbons (Fsp3) is 0.330. The van der Waals surface area contributed by atoms with E-state index in [1.54, 1.807) is 18.2 Å². The highest BCUT2D eigenvalue weighted by Crippen LogP contribution is 2.53. The van der Waals surface area contributed by atoms with Gasteiger partial charge in [-0.05, 0) is 164 Å². The first-order valence-electron chi connectivity index (χ1n) is 40.6. The lowest BCUT2D eigenvalue weighted by atomic mass is 9.91.